The first-order chi connectivity index (χ1) is 13.4. The summed E-state index contributed by atoms with van der Waals surface area (Å²) in [6.45, 7) is 6.60. The minimum absolute atomic E-state index is 0.0123. The van der Waals surface area contributed by atoms with Gasteiger partial charge in [-0.15, -0.1) is 0 Å². The minimum Gasteiger partial charge on any atom is -0.493 e. The van der Waals surface area contributed by atoms with E-state index in [1.165, 1.54) is 0 Å². The first-order valence-electron chi connectivity index (χ1n) is 8.90. The highest BCUT2D eigenvalue weighted by atomic mass is 127. The van der Waals surface area contributed by atoms with Crippen molar-refractivity contribution >= 4 is 40.3 Å². The fourth-order valence-electron chi connectivity index (χ4n) is 2.50. The lowest BCUT2D eigenvalue weighted by atomic mass is 10.1. The number of nitriles is 1. The SMILES string of the molecule is CCCOc1c(I)cc(/C=C(\C#N)C(=O)Nc2ccc(C)c(C)c2)cc1OC. The Morgan fingerprint density at radius 1 is 1.25 bits per heavy atom. The lowest BCUT2D eigenvalue weighted by Crippen LogP contribution is -2.13. The topological polar surface area (TPSA) is 71.3 Å². The summed E-state index contributed by atoms with van der Waals surface area (Å²) in [6.07, 6.45) is 2.43. The molecule has 0 unspecified atom stereocenters. The van der Waals surface area contributed by atoms with Gasteiger partial charge >= 0.3 is 0 Å². The Morgan fingerprint density at radius 3 is 2.61 bits per heavy atom. The molecular weight excluding hydrogens is 467 g/mol. The molecule has 0 bridgehead atoms. The van der Waals surface area contributed by atoms with E-state index in [2.05, 4.69) is 27.9 Å². The molecule has 0 saturated heterocycles. The van der Waals surface area contributed by atoms with Crippen molar-refractivity contribution in [3.8, 4) is 17.6 Å². The Hall–Kier alpha value is -2.53. The molecule has 0 aliphatic rings. The summed E-state index contributed by atoms with van der Waals surface area (Å²) in [5.41, 5.74) is 3.57. The number of carbonyl (C=O) groups excluding carboxylic acids is 1. The van der Waals surface area contributed by atoms with Crippen LogP contribution in [0.4, 0.5) is 5.69 Å². The molecule has 0 heterocycles. The van der Waals surface area contributed by atoms with Gasteiger partial charge in [-0.25, -0.2) is 0 Å². The van der Waals surface area contributed by atoms with Gasteiger partial charge in [0.2, 0.25) is 0 Å². The molecule has 0 aliphatic carbocycles. The van der Waals surface area contributed by atoms with Crippen LogP contribution in [0.25, 0.3) is 6.08 Å². The number of rotatable bonds is 7. The number of methoxy groups -OCH3 is 1. The molecule has 0 saturated carbocycles. The molecule has 146 valence electrons. The van der Waals surface area contributed by atoms with Gasteiger partial charge in [0.05, 0.1) is 17.3 Å². The highest BCUT2D eigenvalue weighted by Gasteiger charge is 2.14. The van der Waals surface area contributed by atoms with E-state index in [0.717, 1.165) is 21.1 Å². The fraction of sp³-hybridized carbons (Fsp3) is 0.273. The normalized spacial score (nSPS) is 10.9. The van der Waals surface area contributed by atoms with Gasteiger partial charge in [-0.3, -0.25) is 4.79 Å². The summed E-state index contributed by atoms with van der Waals surface area (Å²) < 4.78 is 12.0. The molecule has 28 heavy (non-hydrogen) atoms. The second kappa shape index (κ2) is 10.1. The average Bonchev–Trinajstić information content (AvgIpc) is 2.67. The number of carbonyl (C=O) groups is 1. The Bertz CT molecular complexity index is 946. The maximum Gasteiger partial charge on any atom is 0.266 e. The molecule has 0 radical (unpaired) electrons. The smallest absolute Gasteiger partial charge is 0.266 e. The van der Waals surface area contributed by atoms with Crippen LogP contribution in [0.2, 0.25) is 0 Å². The van der Waals surface area contributed by atoms with Crippen molar-refractivity contribution in [2.45, 2.75) is 27.2 Å². The Balaban J connectivity index is 2.30. The molecule has 1 amide bonds. The van der Waals surface area contributed by atoms with E-state index in [4.69, 9.17) is 9.47 Å². The van der Waals surface area contributed by atoms with Crippen molar-refractivity contribution in [2.24, 2.45) is 0 Å². The van der Waals surface area contributed by atoms with Crippen LogP contribution in [0, 0.1) is 28.7 Å². The maximum absolute atomic E-state index is 12.5. The van der Waals surface area contributed by atoms with Crippen molar-refractivity contribution in [1.29, 1.82) is 5.26 Å². The number of benzene rings is 2. The molecular formula is C22H23IN2O3. The van der Waals surface area contributed by atoms with Crippen LogP contribution >= 0.6 is 22.6 Å². The van der Waals surface area contributed by atoms with E-state index >= 15 is 0 Å². The number of amides is 1. The molecule has 0 aliphatic heterocycles. The third kappa shape index (κ3) is 5.49. The number of nitrogens with zero attached hydrogens (tertiary/aromatic N) is 1. The molecule has 0 aromatic heterocycles. The second-order valence-electron chi connectivity index (χ2n) is 6.31. The van der Waals surface area contributed by atoms with Crippen molar-refractivity contribution in [1.82, 2.24) is 0 Å². The molecule has 2 rings (SSSR count). The largest absolute Gasteiger partial charge is 0.493 e. The zero-order valence-corrected chi connectivity index (χ0v) is 18.6. The number of halogens is 1. The summed E-state index contributed by atoms with van der Waals surface area (Å²) in [5.74, 6) is 0.782. The van der Waals surface area contributed by atoms with E-state index in [0.29, 0.717) is 29.4 Å². The lowest BCUT2D eigenvalue weighted by Gasteiger charge is -2.13. The molecule has 0 atom stereocenters. The van der Waals surface area contributed by atoms with Gasteiger partial charge < -0.3 is 14.8 Å². The minimum atomic E-state index is -0.453. The Morgan fingerprint density at radius 2 is 2.00 bits per heavy atom. The second-order valence-corrected chi connectivity index (χ2v) is 7.47. The van der Waals surface area contributed by atoms with E-state index in [1.807, 2.05) is 51.1 Å². The van der Waals surface area contributed by atoms with Crippen LogP contribution in [-0.4, -0.2) is 19.6 Å². The Labute approximate surface area is 179 Å². The lowest BCUT2D eigenvalue weighted by molar-refractivity contribution is -0.112. The van der Waals surface area contributed by atoms with E-state index in [1.54, 1.807) is 19.3 Å². The van der Waals surface area contributed by atoms with Crippen LogP contribution in [0.3, 0.4) is 0 Å². The summed E-state index contributed by atoms with van der Waals surface area (Å²) in [6, 6.07) is 11.2. The van der Waals surface area contributed by atoms with Gasteiger partial charge in [0.15, 0.2) is 11.5 Å². The van der Waals surface area contributed by atoms with Crippen molar-refractivity contribution < 1.29 is 14.3 Å². The molecule has 1 N–H and O–H groups in total. The van der Waals surface area contributed by atoms with Crippen molar-refractivity contribution in [2.75, 3.05) is 19.0 Å². The summed E-state index contributed by atoms with van der Waals surface area (Å²) in [7, 11) is 1.56. The number of aryl methyl sites for hydroxylation is 2. The van der Waals surface area contributed by atoms with Crippen LogP contribution in [0.1, 0.15) is 30.0 Å². The zero-order chi connectivity index (χ0) is 20.7. The zero-order valence-electron chi connectivity index (χ0n) is 16.4. The molecule has 6 heteroatoms. The summed E-state index contributed by atoms with van der Waals surface area (Å²) in [4.78, 5) is 12.5. The third-order valence-electron chi connectivity index (χ3n) is 4.14. The van der Waals surface area contributed by atoms with Gasteiger partial charge in [0, 0.05) is 5.69 Å². The van der Waals surface area contributed by atoms with Crippen LogP contribution in [0.5, 0.6) is 11.5 Å². The number of anilines is 1. The third-order valence-corrected chi connectivity index (χ3v) is 4.94. The van der Waals surface area contributed by atoms with Crippen LogP contribution in [0.15, 0.2) is 35.9 Å². The number of hydrogen-bond acceptors (Lipinski definition) is 4. The predicted octanol–water partition coefficient (Wildman–Crippen LogP) is 5.25. The molecule has 2 aromatic rings. The standard InChI is InChI=1S/C22H23IN2O3/c1-5-8-28-21-19(23)11-16(12-20(21)27-4)10-17(13-24)22(26)25-18-7-6-14(2)15(3)9-18/h6-7,9-12H,5,8H2,1-4H3,(H,25,26)/b17-10+. The van der Waals surface area contributed by atoms with Crippen LogP contribution < -0.4 is 14.8 Å². The highest BCUT2D eigenvalue weighted by Crippen LogP contribution is 2.34. The first kappa shape index (κ1) is 21.8. The Kier molecular flexibility index (Phi) is 7.88. The first-order valence-corrected chi connectivity index (χ1v) is 9.98. The monoisotopic (exact) mass is 490 g/mol. The average molecular weight is 490 g/mol. The number of ether oxygens (including phenoxy) is 2. The van der Waals surface area contributed by atoms with Crippen molar-refractivity contribution in [3.63, 3.8) is 0 Å². The van der Waals surface area contributed by atoms with E-state index in [9.17, 15) is 10.1 Å². The molecule has 2 aromatic carbocycles. The van der Waals surface area contributed by atoms with Gasteiger partial charge in [-0.05, 0) is 89.9 Å². The maximum atomic E-state index is 12.5. The fourth-order valence-corrected chi connectivity index (χ4v) is 3.28. The molecule has 0 spiro atoms. The number of hydrogen-bond donors (Lipinski definition) is 1. The predicted molar refractivity (Wildman–Crippen MR) is 120 cm³/mol. The summed E-state index contributed by atoms with van der Waals surface area (Å²) >= 11 is 2.16. The van der Waals surface area contributed by atoms with Gasteiger partial charge in [-0.2, -0.15) is 5.26 Å². The molecule has 0 fully saturated rings. The number of nitrogens with one attached hydrogen (secondary N) is 1. The van der Waals surface area contributed by atoms with Crippen molar-refractivity contribution in [3.05, 3.63) is 56.2 Å². The van der Waals surface area contributed by atoms with Gasteiger partial charge in [0.1, 0.15) is 11.6 Å². The summed E-state index contributed by atoms with van der Waals surface area (Å²) in [5, 5.41) is 12.2. The van der Waals surface area contributed by atoms with E-state index in [-0.39, 0.29) is 5.57 Å². The van der Waals surface area contributed by atoms with Crippen LogP contribution in [-0.2, 0) is 4.79 Å². The van der Waals surface area contributed by atoms with Gasteiger partial charge in [-0.1, -0.05) is 13.0 Å². The highest BCUT2D eigenvalue weighted by molar-refractivity contribution is 14.1. The quantitative estimate of drug-likeness (QED) is 0.327. The molecule has 5 nitrogen and oxygen atoms in total. The van der Waals surface area contributed by atoms with Gasteiger partial charge in [0.25, 0.3) is 5.91 Å². The van der Waals surface area contributed by atoms with E-state index < -0.39 is 5.91 Å².